The highest BCUT2D eigenvalue weighted by molar-refractivity contribution is 9.10. The van der Waals surface area contributed by atoms with Gasteiger partial charge in [0, 0.05) is 10.0 Å². The summed E-state index contributed by atoms with van der Waals surface area (Å²) in [4.78, 5) is 12.0. The highest BCUT2D eigenvalue weighted by Gasteiger charge is 2.12. The second kappa shape index (κ2) is 11.4. The molecule has 31 heavy (non-hydrogen) atoms. The van der Waals surface area contributed by atoms with Crippen molar-refractivity contribution < 1.29 is 19.0 Å². The molecule has 0 fully saturated rings. The lowest BCUT2D eigenvalue weighted by molar-refractivity contribution is 0.0955. The first-order valence-electron chi connectivity index (χ1n) is 9.34. The molecule has 0 radical (unpaired) electrons. The van der Waals surface area contributed by atoms with Gasteiger partial charge in [-0.15, -0.1) is 0 Å². The van der Waals surface area contributed by atoms with Gasteiger partial charge in [-0.1, -0.05) is 45.7 Å². The number of hydrogen-bond acceptors (Lipinski definition) is 5. The minimum Gasteiger partial charge on any atom is -0.493 e. The number of nitrogens with one attached hydrogen (secondary N) is 1. The SMILES string of the molecule is COc1cc(/C=N/NC(=O)c2ccccc2)cc(Cl)c1OCCOc1ccc(Br)cc1. The summed E-state index contributed by atoms with van der Waals surface area (Å²) in [5, 5.41) is 4.34. The van der Waals surface area contributed by atoms with Crippen LogP contribution in [0, 0.1) is 0 Å². The van der Waals surface area contributed by atoms with Crippen molar-refractivity contribution in [2.75, 3.05) is 20.3 Å². The number of hydrazone groups is 1. The summed E-state index contributed by atoms with van der Waals surface area (Å²) in [5.41, 5.74) is 3.64. The zero-order chi connectivity index (χ0) is 22.1. The van der Waals surface area contributed by atoms with E-state index in [9.17, 15) is 4.79 Å². The third-order valence-corrected chi connectivity index (χ3v) is 4.89. The van der Waals surface area contributed by atoms with Crippen LogP contribution in [-0.4, -0.2) is 32.4 Å². The second-order valence-corrected chi connectivity index (χ2v) is 7.57. The molecule has 3 rings (SSSR count). The molecule has 1 N–H and O–H groups in total. The molecule has 0 saturated heterocycles. The van der Waals surface area contributed by atoms with E-state index in [-0.39, 0.29) is 12.5 Å². The predicted octanol–water partition coefficient (Wildman–Crippen LogP) is 5.33. The Morgan fingerprint density at radius 1 is 1.06 bits per heavy atom. The molecule has 0 aliphatic carbocycles. The standard InChI is InChI=1S/C23H20BrClN2O4/c1-29-21-14-16(15-26-27-23(28)17-5-3-2-4-6-17)13-20(25)22(21)31-12-11-30-19-9-7-18(24)8-10-19/h2-10,13-15H,11-12H2,1H3,(H,27,28)/b26-15+. The average Bonchev–Trinajstić information content (AvgIpc) is 2.79. The molecule has 8 heteroatoms. The largest absolute Gasteiger partial charge is 0.493 e. The van der Waals surface area contributed by atoms with Gasteiger partial charge in [0.25, 0.3) is 5.91 Å². The molecule has 0 spiro atoms. The Hall–Kier alpha value is -3.03. The topological polar surface area (TPSA) is 69.2 Å². The van der Waals surface area contributed by atoms with Crippen LogP contribution in [0.5, 0.6) is 17.2 Å². The average molecular weight is 504 g/mol. The predicted molar refractivity (Wildman–Crippen MR) is 125 cm³/mol. The van der Waals surface area contributed by atoms with Crippen LogP contribution >= 0.6 is 27.5 Å². The van der Waals surface area contributed by atoms with Crippen molar-refractivity contribution in [1.29, 1.82) is 0 Å². The fraction of sp³-hybridized carbons (Fsp3) is 0.130. The molecule has 3 aromatic rings. The number of hydrogen-bond donors (Lipinski definition) is 1. The van der Waals surface area contributed by atoms with Crippen LogP contribution in [0.2, 0.25) is 5.02 Å². The van der Waals surface area contributed by atoms with Crippen molar-refractivity contribution >= 4 is 39.7 Å². The van der Waals surface area contributed by atoms with Crippen molar-refractivity contribution in [3.63, 3.8) is 0 Å². The van der Waals surface area contributed by atoms with Crippen LogP contribution in [0.3, 0.4) is 0 Å². The number of benzene rings is 3. The van der Waals surface area contributed by atoms with Gasteiger partial charge in [-0.25, -0.2) is 5.43 Å². The first-order valence-corrected chi connectivity index (χ1v) is 10.5. The van der Waals surface area contributed by atoms with Gasteiger partial charge in [-0.05, 0) is 54.1 Å². The van der Waals surface area contributed by atoms with Crippen LogP contribution in [0.1, 0.15) is 15.9 Å². The minimum atomic E-state index is -0.305. The molecule has 1 amide bonds. The van der Waals surface area contributed by atoms with Crippen LogP contribution < -0.4 is 19.6 Å². The second-order valence-electron chi connectivity index (χ2n) is 6.25. The molecule has 6 nitrogen and oxygen atoms in total. The fourth-order valence-electron chi connectivity index (χ4n) is 2.61. The summed E-state index contributed by atoms with van der Waals surface area (Å²) in [7, 11) is 1.52. The lowest BCUT2D eigenvalue weighted by Crippen LogP contribution is -2.17. The van der Waals surface area contributed by atoms with Crippen LogP contribution in [0.15, 0.2) is 76.3 Å². The van der Waals surface area contributed by atoms with Crippen LogP contribution in [0.4, 0.5) is 0 Å². The van der Waals surface area contributed by atoms with E-state index < -0.39 is 0 Å². The summed E-state index contributed by atoms with van der Waals surface area (Å²) in [6.07, 6.45) is 1.48. The number of rotatable bonds is 9. The summed E-state index contributed by atoms with van der Waals surface area (Å²) < 4.78 is 17.8. The maximum atomic E-state index is 12.0. The smallest absolute Gasteiger partial charge is 0.271 e. The normalized spacial score (nSPS) is 10.7. The molecule has 0 heterocycles. The van der Waals surface area contributed by atoms with Gasteiger partial charge >= 0.3 is 0 Å². The number of methoxy groups -OCH3 is 1. The molecule has 0 aromatic heterocycles. The molecule has 0 bridgehead atoms. The van der Waals surface area contributed by atoms with E-state index in [0.29, 0.717) is 34.3 Å². The molecule has 0 atom stereocenters. The molecule has 3 aromatic carbocycles. The summed E-state index contributed by atoms with van der Waals surface area (Å²) in [6, 6.07) is 19.7. The summed E-state index contributed by atoms with van der Waals surface area (Å²) >= 11 is 9.75. The first-order chi connectivity index (χ1) is 15.1. The van der Waals surface area contributed by atoms with Gasteiger partial charge < -0.3 is 14.2 Å². The zero-order valence-electron chi connectivity index (χ0n) is 16.7. The zero-order valence-corrected chi connectivity index (χ0v) is 19.0. The number of nitrogens with zero attached hydrogens (tertiary/aromatic N) is 1. The van der Waals surface area contributed by atoms with E-state index >= 15 is 0 Å². The minimum absolute atomic E-state index is 0.284. The molecular formula is C23H20BrClN2O4. The lowest BCUT2D eigenvalue weighted by atomic mass is 10.2. The van der Waals surface area contributed by atoms with Crippen molar-refractivity contribution in [1.82, 2.24) is 5.43 Å². The van der Waals surface area contributed by atoms with Crippen LogP contribution in [0.25, 0.3) is 0 Å². The Balaban J connectivity index is 1.57. The van der Waals surface area contributed by atoms with E-state index in [1.807, 2.05) is 30.3 Å². The van der Waals surface area contributed by atoms with Gasteiger partial charge in [-0.2, -0.15) is 5.10 Å². The summed E-state index contributed by atoms with van der Waals surface area (Å²) in [5.74, 6) is 1.30. The number of carbonyl (C=O) groups is 1. The van der Waals surface area contributed by atoms with Gasteiger partial charge in [0.2, 0.25) is 0 Å². The van der Waals surface area contributed by atoms with E-state index in [1.165, 1.54) is 13.3 Å². The van der Waals surface area contributed by atoms with Crippen molar-refractivity contribution in [3.05, 3.63) is 87.4 Å². The Morgan fingerprint density at radius 3 is 2.48 bits per heavy atom. The van der Waals surface area contributed by atoms with Gasteiger partial charge in [0.15, 0.2) is 11.5 Å². The van der Waals surface area contributed by atoms with E-state index in [1.54, 1.807) is 36.4 Å². The third-order valence-electron chi connectivity index (χ3n) is 4.08. The Bertz CT molecular complexity index is 1040. The fourth-order valence-corrected chi connectivity index (χ4v) is 3.15. The van der Waals surface area contributed by atoms with Gasteiger partial charge in [0.05, 0.1) is 18.3 Å². The maximum absolute atomic E-state index is 12.0. The number of halogens is 2. The number of amides is 1. The van der Waals surface area contributed by atoms with E-state index in [0.717, 1.165) is 10.2 Å². The van der Waals surface area contributed by atoms with E-state index in [4.69, 9.17) is 25.8 Å². The Labute approximate surface area is 193 Å². The molecular weight excluding hydrogens is 484 g/mol. The highest BCUT2D eigenvalue weighted by atomic mass is 79.9. The molecule has 0 unspecified atom stereocenters. The van der Waals surface area contributed by atoms with Crippen molar-refractivity contribution in [2.24, 2.45) is 5.10 Å². The molecule has 160 valence electrons. The van der Waals surface area contributed by atoms with Crippen molar-refractivity contribution in [3.8, 4) is 17.2 Å². The quantitative estimate of drug-likeness (QED) is 0.243. The first kappa shape index (κ1) is 22.7. The molecule has 0 aliphatic rings. The van der Waals surface area contributed by atoms with Gasteiger partial charge in [0.1, 0.15) is 19.0 Å². The number of ether oxygens (including phenoxy) is 3. The van der Waals surface area contributed by atoms with E-state index in [2.05, 4.69) is 26.5 Å². The number of carbonyl (C=O) groups excluding carboxylic acids is 1. The molecule has 0 aliphatic heterocycles. The van der Waals surface area contributed by atoms with Gasteiger partial charge in [-0.3, -0.25) is 4.79 Å². The monoisotopic (exact) mass is 502 g/mol. The lowest BCUT2D eigenvalue weighted by Gasteiger charge is -2.13. The van der Waals surface area contributed by atoms with Crippen LogP contribution in [-0.2, 0) is 0 Å². The Kier molecular flexibility index (Phi) is 8.32. The summed E-state index contributed by atoms with van der Waals surface area (Å²) in [6.45, 7) is 0.628. The molecule has 0 saturated carbocycles. The highest BCUT2D eigenvalue weighted by Crippen LogP contribution is 2.36. The Morgan fingerprint density at radius 2 is 1.77 bits per heavy atom. The maximum Gasteiger partial charge on any atom is 0.271 e. The van der Waals surface area contributed by atoms with Crippen molar-refractivity contribution in [2.45, 2.75) is 0 Å². The third kappa shape index (κ3) is 6.73.